The number of amides is 2. The van der Waals surface area contributed by atoms with E-state index in [1.807, 2.05) is 16.7 Å². The number of methoxy groups -OCH3 is 1. The summed E-state index contributed by atoms with van der Waals surface area (Å²) in [5, 5.41) is 12.6. The Kier molecular flexibility index (Phi) is 8.09. The molecule has 8 nitrogen and oxygen atoms in total. The molecule has 1 unspecified atom stereocenters. The Balaban J connectivity index is 1.50. The van der Waals surface area contributed by atoms with Crippen molar-refractivity contribution in [1.82, 2.24) is 19.7 Å². The third kappa shape index (κ3) is 5.52. The molecule has 4 rings (SSSR count). The van der Waals surface area contributed by atoms with Gasteiger partial charge in [0, 0.05) is 13.1 Å². The summed E-state index contributed by atoms with van der Waals surface area (Å²) in [7, 11) is 1.56. The van der Waals surface area contributed by atoms with Crippen molar-refractivity contribution in [1.29, 1.82) is 0 Å². The van der Waals surface area contributed by atoms with Gasteiger partial charge in [0.15, 0.2) is 11.0 Å². The number of carbonyl (C=O) groups is 2. The first kappa shape index (κ1) is 24.8. The molecule has 0 saturated carbocycles. The first-order valence-corrected chi connectivity index (χ1v) is 12.5. The smallest absolute Gasteiger partial charge is 0.255 e. The van der Waals surface area contributed by atoms with Crippen LogP contribution in [0.1, 0.15) is 35.1 Å². The van der Waals surface area contributed by atoms with Crippen LogP contribution in [-0.2, 0) is 11.3 Å². The molecule has 2 amide bonds. The fourth-order valence-corrected chi connectivity index (χ4v) is 5.06. The number of rotatable bonds is 9. The Labute approximate surface area is 213 Å². The van der Waals surface area contributed by atoms with Crippen molar-refractivity contribution >= 4 is 40.9 Å². The molecule has 35 heavy (non-hydrogen) atoms. The van der Waals surface area contributed by atoms with E-state index in [2.05, 4.69) is 22.1 Å². The Morgan fingerprint density at radius 2 is 2.00 bits per heavy atom. The van der Waals surface area contributed by atoms with Gasteiger partial charge >= 0.3 is 0 Å². The van der Waals surface area contributed by atoms with Gasteiger partial charge in [-0.15, -0.1) is 16.8 Å². The van der Waals surface area contributed by atoms with E-state index in [-0.39, 0.29) is 23.6 Å². The molecule has 0 bridgehead atoms. The van der Waals surface area contributed by atoms with E-state index in [1.54, 1.807) is 54.5 Å². The number of hydrogen-bond acceptors (Lipinski definition) is 6. The molecule has 1 N–H and O–H groups in total. The predicted molar refractivity (Wildman–Crippen MR) is 137 cm³/mol. The second-order valence-electron chi connectivity index (χ2n) is 7.91. The van der Waals surface area contributed by atoms with E-state index in [9.17, 15) is 9.59 Å². The standard InChI is InChI=1S/C25H26ClN5O3S/c1-3-14-31-23(20-12-8-15-30(20)24(33)17-9-4-5-10-18(17)26)28-29-25(31)35-16-22(32)27-19-11-6-7-13-21(19)34-2/h3-7,9-11,13,20H,1,8,12,14-16H2,2H3,(H,27,32). The average molecular weight is 512 g/mol. The van der Waals surface area contributed by atoms with E-state index in [0.717, 1.165) is 12.8 Å². The average Bonchev–Trinajstić information content (AvgIpc) is 3.50. The molecule has 182 valence electrons. The van der Waals surface area contributed by atoms with E-state index in [1.165, 1.54) is 11.8 Å². The van der Waals surface area contributed by atoms with Crippen LogP contribution in [0.3, 0.4) is 0 Å². The topological polar surface area (TPSA) is 89.3 Å². The lowest BCUT2D eigenvalue weighted by molar-refractivity contribution is -0.113. The molecule has 3 aromatic rings. The molecule has 1 saturated heterocycles. The van der Waals surface area contributed by atoms with Crippen LogP contribution in [0.5, 0.6) is 5.75 Å². The number of allylic oxidation sites excluding steroid dienone is 1. The minimum Gasteiger partial charge on any atom is -0.495 e. The monoisotopic (exact) mass is 511 g/mol. The Hall–Kier alpha value is -3.30. The van der Waals surface area contributed by atoms with Crippen LogP contribution in [0.25, 0.3) is 0 Å². The number of anilines is 1. The third-order valence-corrected chi connectivity index (χ3v) is 6.98. The Bertz CT molecular complexity index is 1230. The summed E-state index contributed by atoms with van der Waals surface area (Å²) in [6.07, 6.45) is 3.37. The normalized spacial score (nSPS) is 15.1. The van der Waals surface area contributed by atoms with Gasteiger partial charge in [-0.1, -0.05) is 53.7 Å². The highest BCUT2D eigenvalue weighted by molar-refractivity contribution is 7.99. The molecule has 1 atom stereocenters. The van der Waals surface area contributed by atoms with Crippen molar-refractivity contribution in [2.75, 3.05) is 24.7 Å². The van der Waals surface area contributed by atoms with Crippen molar-refractivity contribution in [3.8, 4) is 5.75 Å². The highest BCUT2D eigenvalue weighted by atomic mass is 35.5. The lowest BCUT2D eigenvalue weighted by Crippen LogP contribution is -2.32. The zero-order chi connectivity index (χ0) is 24.8. The number of nitrogens with one attached hydrogen (secondary N) is 1. The van der Waals surface area contributed by atoms with Gasteiger partial charge in [-0.3, -0.25) is 9.59 Å². The quantitative estimate of drug-likeness (QED) is 0.327. The third-order valence-electron chi connectivity index (χ3n) is 5.69. The molecule has 0 radical (unpaired) electrons. The number of aromatic nitrogens is 3. The van der Waals surface area contributed by atoms with Crippen LogP contribution in [0.15, 0.2) is 66.3 Å². The number of carbonyl (C=O) groups excluding carboxylic acids is 2. The zero-order valence-corrected chi connectivity index (χ0v) is 20.9. The minimum atomic E-state index is -0.233. The highest BCUT2D eigenvalue weighted by Crippen LogP contribution is 2.35. The molecule has 1 aliphatic heterocycles. The van der Waals surface area contributed by atoms with Crippen LogP contribution in [0.4, 0.5) is 5.69 Å². The van der Waals surface area contributed by atoms with Crippen molar-refractivity contribution in [3.05, 3.63) is 77.6 Å². The number of benzene rings is 2. The number of nitrogens with zero attached hydrogens (tertiary/aromatic N) is 4. The van der Waals surface area contributed by atoms with Crippen molar-refractivity contribution in [3.63, 3.8) is 0 Å². The van der Waals surface area contributed by atoms with Gasteiger partial charge in [-0.05, 0) is 37.1 Å². The van der Waals surface area contributed by atoms with Crippen molar-refractivity contribution < 1.29 is 14.3 Å². The van der Waals surface area contributed by atoms with E-state index >= 15 is 0 Å². The maximum atomic E-state index is 13.3. The second kappa shape index (κ2) is 11.4. The summed E-state index contributed by atoms with van der Waals surface area (Å²) in [5.74, 6) is 1.09. The first-order valence-electron chi connectivity index (χ1n) is 11.2. The molecule has 2 heterocycles. The lowest BCUT2D eigenvalue weighted by atomic mass is 10.1. The molecule has 1 aromatic heterocycles. The summed E-state index contributed by atoms with van der Waals surface area (Å²) in [5.41, 5.74) is 1.08. The number of likely N-dealkylation sites (tertiary alicyclic amines) is 1. The Morgan fingerprint density at radius 3 is 2.77 bits per heavy atom. The van der Waals surface area contributed by atoms with Gasteiger partial charge in [-0.2, -0.15) is 0 Å². The van der Waals surface area contributed by atoms with Crippen LogP contribution in [0, 0.1) is 0 Å². The fraction of sp³-hybridized carbons (Fsp3) is 0.280. The summed E-state index contributed by atoms with van der Waals surface area (Å²) in [4.78, 5) is 27.6. The van der Waals surface area contributed by atoms with Crippen LogP contribution >= 0.6 is 23.4 Å². The number of thioether (sulfide) groups is 1. The van der Waals surface area contributed by atoms with Crippen LogP contribution < -0.4 is 10.1 Å². The maximum Gasteiger partial charge on any atom is 0.255 e. The van der Waals surface area contributed by atoms with Gasteiger partial charge in [0.05, 0.1) is 35.2 Å². The predicted octanol–water partition coefficient (Wildman–Crippen LogP) is 4.83. The Morgan fingerprint density at radius 1 is 1.23 bits per heavy atom. The zero-order valence-electron chi connectivity index (χ0n) is 19.3. The van der Waals surface area contributed by atoms with Crippen LogP contribution in [0.2, 0.25) is 5.02 Å². The fourth-order valence-electron chi connectivity index (χ4n) is 4.09. The molecular weight excluding hydrogens is 486 g/mol. The number of hydrogen-bond donors (Lipinski definition) is 1. The van der Waals surface area contributed by atoms with Crippen molar-refractivity contribution in [2.24, 2.45) is 0 Å². The van der Waals surface area contributed by atoms with Gasteiger partial charge in [0.1, 0.15) is 5.75 Å². The second-order valence-corrected chi connectivity index (χ2v) is 9.26. The van der Waals surface area contributed by atoms with Gasteiger partial charge < -0.3 is 19.5 Å². The number of ether oxygens (including phenoxy) is 1. The molecular formula is C25H26ClN5O3S. The van der Waals surface area contributed by atoms with E-state index in [0.29, 0.717) is 46.1 Å². The molecule has 0 spiro atoms. The lowest BCUT2D eigenvalue weighted by Gasteiger charge is -2.25. The summed E-state index contributed by atoms with van der Waals surface area (Å²) >= 11 is 7.56. The molecule has 1 fully saturated rings. The van der Waals surface area contributed by atoms with Gasteiger partial charge in [0.25, 0.3) is 5.91 Å². The minimum absolute atomic E-state index is 0.128. The molecule has 0 aliphatic carbocycles. The highest BCUT2D eigenvalue weighted by Gasteiger charge is 2.35. The summed E-state index contributed by atoms with van der Waals surface area (Å²) in [6.45, 7) is 4.92. The first-order chi connectivity index (χ1) is 17.0. The molecule has 1 aliphatic rings. The van der Waals surface area contributed by atoms with Gasteiger partial charge in [-0.25, -0.2) is 0 Å². The van der Waals surface area contributed by atoms with Gasteiger partial charge in [0.2, 0.25) is 5.91 Å². The summed E-state index contributed by atoms with van der Waals surface area (Å²) in [6, 6.07) is 14.0. The SMILES string of the molecule is C=CCn1c(SCC(=O)Nc2ccccc2OC)nnc1C1CCCN1C(=O)c1ccccc1Cl. The molecule has 10 heteroatoms. The largest absolute Gasteiger partial charge is 0.495 e. The maximum absolute atomic E-state index is 13.3. The number of para-hydroxylation sites is 2. The molecule has 2 aromatic carbocycles. The summed E-state index contributed by atoms with van der Waals surface area (Å²) < 4.78 is 7.20. The number of halogens is 1. The van der Waals surface area contributed by atoms with Crippen molar-refractivity contribution in [2.45, 2.75) is 30.6 Å². The van der Waals surface area contributed by atoms with E-state index < -0.39 is 0 Å². The van der Waals surface area contributed by atoms with E-state index in [4.69, 9.17) is 16.3 Å². The van der Waals surface area contributed by atoms with Crippen LogP contribution in [-0.4, -0.2) is 50.9 Å².